The molecule has 1 aliphatic heterocycles. The van der Waals surface area contributed by atoms with Crippen molar-refractivity contribution in [3.05, 3.63) is 24.3 Å². The molecule has 0 spiro atoms. The van der Waals surface area contributed by atoms with Gasteiger partial charge in [-0.1, -0.05) is 19.9 Å². The van der Waals surface area contributed by atoms with Crippen LogP contribution in [-0.2, 0) is 4.79 Å². The summed E-state index contributed by atoms with van der Waals surface area (Å²) in [6.07, 6.45) is 2.01. The van der Waals surface area contributed by atoms with Crippen molar-refractivity contribution in [1.82, 2.24) is 4.90 Å². The fourth-order valence-corrected chi connectivity index (χ4v) is 2.71. The summed E-state index contributed by atoms with van der Waals surface area (Å²) < 4.78 is 5.29. The summed E-state index contributed by atoms with van der Waals surface area (Å²) in [6.45, 7) is 8.98. The molecule has 0 aromatic heterocycles. The summed E-state index contributed by atoms with van der Waals surface area (Å²) in [4.78, 5) is 16.0. The molecule has 4 heteroatoms. The lowest BCUT2D eigenvalue weighted by atomic mass is 9.88. The highest BCUT2D eigenvalue weighted by Gasteiger charge is 2.27. The second kappa shape index (κ2) is 6.94. The molecule has 116 valence electrons. The molecule has 0 radical (unpaired) electrons. The number of piperazine rings is 1. The first-order valence-electron chi connectivity index (χ1n) is 7.68. The molecule has 0 amide bonds. The van der Waals surface area contributed by atoms with Crippen molar-refractivity contribution in [2.75, 3.05) is 44.7 Å². The molecule has 0 saturated carbocycles. The number of carbonyl (C=O) groups excluding carboxylic acids is 1. The van der Waals surface area contributed by atoms with Crippen LogP contribution >= 0.6 is 0 Å². The Labute approximate surface area is 127 Å². The Balaban J connectivity index is 1.92. The summed E-state index contributed by atoms with van der Waals surface area (Å²) in [6, 6.07) is 8.20. The van der Waals surface area contributed by atoms with Crippen LogP contribution in [0.1, 0.15) is 20.3 Å². The van der Waals surface area contributed by atoms with Crippen molar-refractivity contribution in [1.29, 1.82) is 0 Å². The van der Waals surface area contributed by atoms with Gasteiger partial charge in [0.2, 0.25) is 0 Å². The number of ether oxygens (including phenoxy) is 1. The van der Waals surface area contributed by atoms with Crippen LogP contribution in [0.2, 0.25) is 0 Å². The standard InChI is InChI=1S/C17H26N2O2/c1-4-17(2,14-20)13-18-8-10-19(11-9-18)15-6-5-7-16(12-15)21-3/h5-7,12,14H,4,8-11,13H2,1-3H3. The molecular formula is C17H26N2O2. The summed E-state index contributed by atoms with van der Waals surface area (Å²) in [5.74, 6) is 0.898. The molecule has 1 aromatic rings. The van der Waals surface area contributed by atoms with Crippen molar-refractivity contribution >= 4 is 12.0 Å². The maximum absolute atomic E-state index is 11.2. The van der Waals surface area contributed by atoms with E-state index < -0.39 is 0 Å². The number of rotatable bonds is 6. The summed E-state index contributed by atoms with van der Waals surface area (Å²) in [7, 11) is 1.70. The molecule has 21 heavy (non-hydrogen) atoms. The number of benzene rings is 1. The van der Waals surface area contributed by atoms with E-state index in [-0.39, 0.29) is 5.41 Å². The molecule has 1 fully saturated rings. The van der Waals surface area contributed by atoms with Gasteiger partial charge in [0, 0.05) is 49.9 Å². The van der Waals surface area contributed by atoms with Crippen molar-refractivity contribution in [3.8, 4) is 5.75 Å². The van der Waals surface area contributed by atoms with E-state index in [1.165, 1.54) is 5.69 Å². The first kappa shape index (κ1) is 15.8. The van der Waals surface area contributed by atoms with E-state index in [1.807, 2.05) is 12.1 Å². The fourth-order valence-electron chi connectivity index (χ4n) is 2.71. The Morgan fingerprint density at radius 1 is 1.29 bits per heavy atom. The third-order valence-corrected chi connectivity index (χ3v) is 4.47. The van der Waals surface area contributed by atoms with Gasteiger partial charge in [-0.05, 0) is 18.6 Å². The van der Waals surface area contributed by atoms with Gasteiger partial charge in [0.05, 0.1) is 7.11 Å². The normalized spacial score (nSPS) is 19.1. The van der Waals surface area contributed by atoms with E-state index in [9.17, 15) is 4.79 Å². The second-order valence-corrected chi connectivity index (χ2v) is 6.09. The number of carbonyl (C=O) groups is 1. The van der Waals surface area contributed by atoms with E-state index in [1.54, 1.807) is 7.11 Å². The van der Waals surface area contributed by atoms with Crippen LogP contribution < -0.4 is 9.64 Å². The number of nitrogens with zero attached hydrogens (tertiary/aromatic N) is 2. The summed E-state index contributed by atoms with van der Waals surface area (Å²) in [5, 5.41) is 0. The maximum Gasteiger partial charge on any atom is 0.127 e. The van der Waals surface area contributed by atoms with E-state index in [4.69, 9.17) is 4.74 Å². The summed E-state index contributed by atoms with van der Waals surface area (Å²) >= 11 is 0. The average molecular weight is 290 g/mol. The lowest BCUT2D eigenvalue weighted by Gasteiger charge is -2.39. The van der Waals surface area contributed by atoms with Gasteiger partial charge in [0.15, 0.2) is 0 Å². The van der Waals surface area contributed by atoms with Gasteiger partial charge in [-0.3, -0.25) is 4.90 Å². The quantitative estimate of drug-likeness (QED) is 0.753. The molecule has 0 N–H and O–H groups in total. The summed E-state index contributed by atoms with van der Waals surface area (Å²) in [5.41, 5.74) is 1.00. The molecule has 1 aromatic carbocycles. The predicted molar refractivity (Wildman–Crippen MR) is 86.1 cm³/mol. The minimum atomic E-state index is -0.210. The van der Waals surface area contributed by atoms with Crippen molar-refractivity contribution in [3.63, 3.8) is 0 Å². The maximum atomic E-state index is 11.2. The zero-order valence-corrected chi connectivity index (χ0v) is 13.3. The van der Waals surface area contributed by atoms with Crippen molar-refractivity contribution in [2.24, 2.45) is 5.41 Å². The zero-order valence-electron chi connectivity index (χ0n) is 13.3. The highest BCUT2D eigenvalue weighted by molar-refractivity contribution is 5.59. The average Bonchev–Trinajstić information content (AvgIpc) is 2.55. The SMILES string of the molecule is CCC(C)(C=O)CN1CCN(c2cccc(OC)c2)CC1. The second-order valence-electron chi connectivity index (χ2n) is 6.09. The molecule has 1 aliphatic rings. The Kier molecular flexibility index (Phi) is 5.23. The lowest BCUT2D eigenvalue weighted by molar-refractivity contribution is -0.116. The molecule has 0 bridgehead atoms. The molecular weight excluding hydrogens is 264 g/mol. The molecule has 0 aliphatic carbocycles. The third-order valence-electron chi connectivity index (χ3n) is 4.47. The monoisotopic (exact) mass is 290 g/mol. The van der Waals surface area contributed by atoms with E-state index in [2.05, 4.69) is 35.8 Å². The Morgan fingerprint density at radius 2 is 2.00 bits per heavy atom. The van der Waals surface area contributed by atoms with Gasteiger partial charge < -0.3 is 14.4 Å². The topological polar surface area (TPSA) is 32.8 Å². The van der Waals surface area contributed by atoms with Gasteiger partial charge in [-0.2, -0.15) is 0 Å². The van der Waals surface area contributed by atoms with Crippen LogP contribution in [0, 0.1) is 5.41 Å². The van der Waals surface area contributed by atoms with Crippen molar-refractivity contribution in [2.45, 2.75) is 20.3 Å². The lowest BCUT2D eigenvalue weighted by Crippen LogP contribution is -2.49. The minimum absolute atomic E-state index is 0.210. The Morgan fingerprint density at radius 3 is 2.57 bits per heavy atom. The van der Waals surface area contributed by atoms with Gasteiger partial charge in [0.25, 0.3) is 0 Å². The highest BCUT2D eigenvalue weighted by atomic mass is 16.5. The molecule has 2 rings (SSSR count). The Bertz CT molecular complexity index is 470. The molecule has 1 atom stereocenters. The molecule has 1 saturated heterocycles. The van der Waals surface area contributed by atoms with Gasteiger partial charge in [-0.25, -0.2) is 0 Å². The predicted octanol–water partition coefficient (Wildman–Crippen LogP) is 2.43. The largest absolute Gasteiger partial charge is 0.497 e. The number of aldehydes is 1. The number of hydrogen-bond acceptors (Lipinski definition) is 4. The number of methoxy groups -OCH3 is 1. The van der Waals surface area contributed by atoms with Crippen LogP contribution in [-0.4, -0.2) is 51.0 Å². The van der Waals surface area contributed by atoms with E-state index in [0.29, 0.717) is 0 Å². The first-order valence-corrected chi connectivity index (χ1v) is 7.68. The van der Waals surface area contributed by atoms with Crippen LogP contribution in [0.3, 0.4) is 0 Å². The third kappa shape index (κ3) is 3.97. The number of anilines is 1. The van der Waals surface area contributed by atoms with Crippen LogP contribution in [0.5, 0.6) is 5.75 Å². The highest BCUT2D eigenvalue weighted by Crippen LogP contribution is 2.24. The zero-order chi connectivity index (χ0) is 15.3. The Hall–Kier alpha value is -1.55. The van der Waals surface area contributed by atoms with Crippen LogP contribution in [0.15, 0.2) is 24.3 Å². The fraction of sp³-hybridized carbons (Fsp3) is 0.588. The molecule has 1 heterocycles. The molecule has 4 nitrogen and oxygen atoms in total. The van der Waals surface area contributed by atoms with E-state index in [0.717, 1.165) is 51.2 Å². The number of hydrogen-bond donors (Lipinski definition) is 0. The van der Waals surface area contributed by atoms with Crippen LogP contribution in [0.4, 0.5) is 5.69 Å². The minimum Gasteiger partial charge on any atom is -0.497 e. The van der Waals surface area contributed by atoms with E-state index >= 15 is 0 Å². The van der Waals surface area contributed by atoms with Gasteiger partial charge in [-0.15, -0.1) is 0 Å². The van der Waals surface area contributed by atoms with Crippen LogP contribution in [0.25, 0.3) is 0 Å². The van der Waals surface area contributed by atoms with Gasteiger partial charge >= 0.3 is 0 Å². The molecule has 1 unspecified atom stereocenters. The van der Waals surface area contributed by atoms with Crippen molar-refractivity contribution < 1.29 is 9.53 Å². The van der Waals surface area contributed by atoms with Gasteiger partial charge in [0.1, 0.15) is 12.0 Å². The first-order chi connectivity index (χ1) is 10.1. The smallest absolute Gasteiger partial charge is 0.127 e.